The van der Waals surface area contributed by atoms with Gasteiger partial charge in [0.2, 0.25) is 0 Å². The van der Waals surface area contributed by atoms with Crippen LogP contribution in [0.1, 0.15) is 11.1 Å². The number of rotatable bonds is 5. The lowest BCUT2D eigenvalue weighted by molar-refractivity contribution is -0.0680. The fourth-order valence-electron chi connectivity index (χ4n) is 2.85. The Hall–Kier alpha value is -1.63. The number of thiophene rings is 1. The van der Waals surface area contributed by atoms with E-state index in [1.165, 1.54) is 17.2 Å². The molecule has 0 radical (unpaired) electrons. The third-order valence-electron chi connectivity index (χ3n) is 4.20. The summed E-state index contributed by atoms with van der Waals surface area (Å²) in [6.07, 6.45) is -0.985. The van der Waals surface area contributed by atoms with Gasteiger partial charge in [-0.05, 0) is 27.4 Å². The molecular weight excluding hydrogens is 426 g/mol. The second-order valence-electron chi connectivity index (χ2n) is 5.84. The molecule has 0 amide bonds. The Kier molecular flexibility index (Phi) is 4.90. The van der Waals surface area contributed by atoms with Gasteiger partial charge >= 0.3 is 0 Å². The summed E-state index contributed by atoms with van der Waals surface area (Å²) in [6.45, 7) is 0.534. The first-order chi connectivity index (χ1) is 12.6. The Morgan fingerprint density at radius 3 is 2.92 bits per heavy atom. The molecule has 11 heteroatoms. The number of halogens is 1. The predicted octanol–water partition coefficient (Wildman–Crippen LogP) is 1.07. The fraction of sp³-hybridized carbons (Fsp3) is 0.400. The molecule has 1 saturated heterocycles. The van der Waals surface area contributed by atoms with Crippen molar-refractivity contribution in [2.45, 2.75) is 31.1 Å². The first kappa shape index (κ1) is 17.8. The van der Waals surface area contributed by atoms with E-state index in [0.717, 1.165) is 9.35 Å². The third-order valence-corrected chi connectivity index (χ3v) is 6.10. The van der Waals surface area contributed by atoms with Crippen LogP contribution in [-0.2, 0) is 16.1 Å². The molecule has 4 rings (SSSR count). The van der Waals surface area contributed by atoms with Gasteiger partial charge in [0.1, 0.15) is 30.2 Å². The maximum absolute atomic E-state index is 10.4. The number of hydrogen-bond acceptors (Lipinski definition) is 9. The Morgan fingerprint density at radius 2 is 2.15 bits per heavy atom. The van der Waals surface area contributed by atoms with Gasteiger partial charge in [-0.3, -0.25) is 4.57 Å². The largest absolute Gasteiger partial charge is 0.387 e. The van der Waals surface area contributed by atoms with Gasteiger partial charge in [-0.1, -0.05) is 0 Å². The van der Waals surface area contributed by atoms with Crippen LogP contribution in [0.25, 0.3) is 11.2 Å². The van der Waals surface area contributed by atoms with Crippen LogP contribution >= 0.6 is 27.3 Å². The Morgan fingerprint density at radius 1 is 1.31 bits per heavy atom. The third kappa shape index (κ3) is 3.10. The number of nitrogens with two attached hydrogens (primary N) is 1. The SMILES string of the molecule is Nc1ncnc2c1ncn2[C@@H]1O[C@H](COCc2sccc2Br)[C@@H](O)[C@H]1O. The van der Waals surface area contributed by atoms with E-state index >= 15 is 0 Å². The number of anilines is 1. The number of imidazole rings is 1. The molecule has 0 unspecified atom stereocenters. The van der Waals surface area contributed by atoms with Gasteiger partial charge < -0.3 is 25.4 Å². The van der Waals surface area contributed by atoms with Crippen LogP contribution in [0.4, 0.5) is 5.82 Å². The maximum Gasteiger partial charge on any atom is 0.167 e. The van der Waals surface area contributed by atoms with Gasteiger partial charge in [0.05, 0.1) is 19.5 Å². The normalized spacial score (nSPS) is 26.0. The summed E-state index contributed by atoms with van der Waals surface area (Å²) in [5.41, 5.74) is 6.62. The average molecular weight is 442 g/mol. The van der Waals surface area contributed by atoms with Crippen LogP contribution in [0.2, 0.25) is 0 Å². The van der Waals surface area contributed by atoms with Crippen LogP contribution in [0.5, 0.6) is 0 Å². The molecule has 1 aliphatic heterocycles. The zero-order valence-electron chi connectivity index (χ0n) is 13.4. The van der Waals surface area contributed by atoms with Crippen molar-refractivity contribution < 1.29 is 19.7 Å². The standard InChI is InChI=1S/C15H16BrN5O4S/c16-7-1-2-26-9(7)4-24-3-8-11(22)12(23)15(25-8)21-6-20-10-13(17)18-5-19-14(10)21/h1-2,5-6,8,11-12,15,22-23H,3-4H2,(H2,17,18,19)/t8-,11-,12-,15-/m1/s1. The van der Waals surface area contributed by atoms with E-state index in [1.54, 1.807) is 11.3 Å². The summed E-state index contributed by atoms with van der Waals surface area (Å²) >= 11 is 5.01. The van der Waals surface area contributed by atoms with Crippen molar-refractivity contribution >= 4 is 44.2 Å². The maximum atomic E-state index is 10.4. The van der Waals surface area contributed by atoms with E-state index in [0.29, 0.717) is 17.8 Å². The van der Waals surface area contributed by atoms with Crippen LogP contribution in [0.3, 0.4) is 0 Å². The molecule has 0 aliphatic carbocycles. The molecule has 4 N–H and O–H groups in total. The lowest BCUT2D eigenvalue weighted by atomic mass is 10.1. The number of nitrogens with zero attached hydrogens (tertiary/aromatic N) is 4. The fourth-order valence-corrected chi connectivity index (χ4v) is 4.25. The van der Waals surface area contributed by atoms with Crippen LogP contribution in [0.15, 0.2) is 28.6 Å². The number of ether oxygens (including phenoxy) is 2. The second kappa shape index (κ2) is 7.18. The highest BCUT2D eigenvalue weighted by atomic mass is 79.9. The van der Waals surface area contributed by atoms with Crippen molar-refractivity contribution in [2.75, 3.05) is 12.3 Å². The Balaban J connectivity index is 1.47. The number of hydrogen-bond donors (Lipinski definition) is 3. The molecule has 3 aromatic heterocycles. The zero-order chi connectivity index (χ0) is 18.3. The average Bonchev–Trinajstić information content (AvgIpc) is 3.30. The van der Waals surface area contributed by atoms with E-state index in [-0.39, 0.29) is 12.4 Å². The minimum absolute atomic E-state index is 0.142. The van der Waals surface area contributed by atoms with E-state index in [9.17, 15) is 10.2 Å². The molecule has 4 atom stereocenters. The highest BCUT2D eigenvalue weighted by Gasteiger charge is 2.44. The van der Waals surface area contributed by atoms with E-state index in [1.807, 2.05) is 11.4 Å². The molecular formula is C15H16BrN5O4S. The molecule has 3 aromatic rings. The van der Waals surface area contributed by atoms with Crippen molar-refractivity contribution in [3.05, 3.63) is 33.5 Å². The highest BCUT2D eigenvalue weighted by molar-refractivity contribution is 9.10. The van der Waals surface area contributed by atoms with Gasteiger partial charge in [0, 0.05) is 9.35 Å². The monoisotopic (exact) mass is 441 g/mol. The molecule has 138 valence electrons. The summed E-state index contributed by atoms with van der Waals surface area (Å²) in [5.74, 6) is 0.239. The minimum Gasteiger partial charge on any atom is -0.387 e. The van der Waals surface area contributed by atoms with Crippen molar-refractivity contribution in [2.24, 2.45) is 0 Å². The van der Waals surface area contributed by atoms with E-state index in [4.69, 9.17) is 15.2 Å². The summed E-state index contributed by atoms with van der Waals surface area (Å²) in [7, 11) is 0. The Labute approximate surface area is 160 Å². The van der Waals surface area contributed by atoms with Gasteiger partial charge in [-0.25, -0.2) is 15.0 Å². The Bertz CT molecular complexity index is 918. The van der Waals surface area contributed by atoms with Crippen molar-refractivity contribution in [1.29, 1.82) is 0 Å². The number of aliphatic hydroxyl groups is 2. The molecule has 9 nitrogen and oxygen atoms in total. The first-order valence-electron chi connectivity index (χ1n) is 7.80. The van der Waals surface area contributed by atoms with E-state index < -0.39 is 24.5 Å². The smallest absolute Gasteiger partial charge is 0.167 e. The summed E-state index contributed by atoms with van der Waals surface area (Å²) in [4.78, 5) is 13.2. The molecule has 0 bridgehead atoms. The number of fused-ring (bicyclic) bond motifs is 1. The van der Waals surface area contributed by atoms with Crippen molar-refractivity contribution in [3.8, 4) is 0 Å². The second-order valence-corrected chi connectivity index (χ2v) is 7.69. The van der Waals surface area contributed by atoms with Gasteiger partial charge in [0.15, 0.2) is 17.7 Å². The van der Waals surface area contributed by atoms with Gasteiger partial charge in [-0.2, -0.15) is 0 Å². The molecule has 0 spiro atoms. The molecule has 26 heavy (non-hydrogen) atoms. The van der Waals surface area contributed by atoms with Crippen LogP contribution < -0.4 is 5.73 Å². The number of aromatic nitrogens is 4. The van der Waals surface area contributed by atoms with Crippen LogP contribution in [0, 0.1) is 0 Å². The zero-order valence-corrected chi connectivity index (χ0v) is 15.8. The highest BCUT2D eigenvalue weighted by Crippen LogP contribution is 2.32. The molecule has 0 saturated carbocycles. The molecule has 4 heterocycles. The van der Waals surface area contributed by atoms with Crippen molar-refractivity contribution in [1.82, 2.24) is 19.5 Å². The minimum atomic E-state index is -1.15. The summed E-state index contributed by atoms with van der Waals surface area (Å²) in [6, 6.07) is 1.95. The van der Waals surface area contributed by atoms with Gasteiger partial charge in [-0.15, -0.1) is 11.3 Å². The lowest BCUT2D eigenvalue weighted by Crippen LogP contribution is -2.33. The number of aliphatic hydroxyl groups excluding tert-OH is 2. The number of nitrogen functional groups attached to an aromatic ring is 1. The van der Waals surface area contributed by atoms with Gasteiger partial charge in [0.25, 0.3) is 0 Å². The summed E-state index contributed by atoms with van der Waals surface area (Å²) < 4.78 is 14.0. The molecule has 0 aromatic carbocycles. The van der Waals surface area contributed by atoms with E-state index in [2.05, 4.69) is 30.9 Å². The summed E-state index contributed by atoms with van der Waals surface area (Å²) in [5, 5.41) is 22.7. The molecule has 1 aliphatic rings. The lowest BCUT2D eigenvalue weighted by Gasteiger charge is -2.16. The topological polar surface area (TPSA) is 129 Å². The van der Waals surface area contributed by atoms with Crippen LogP contribution in [-0.4, -0.2) is 54.7 Å². The van der Waals surface area contributed by atoms with Crippen molar-refractivity contribution in [3.63, 3.8) is 0 Å². The first-order valence-corrected chi connectivity index (χ1v) is 9.47. The molecule has 1 fully saturated rings. The predicted molar refractivity (Wildman–Crippen MR) is 97.3 cm³/mol. The quantitative estimate of drug-likeness (QED) is 0.535.